The van der Waals surface area contributed by atoms with Crippen molar-refractivity contribution in [1.29, 1.82) is 5.41 Å². The smallest absolute Gasteiger partial charge is 0.129 e. The fourth-order valence-electron chi connectivity index (χ4n) is 1.61. The number of hydrogen-bond donors (Lipinski definition) is 1. The molecule has 0 aliphatic carbocycles. The van der Waals surface area contributed by atoms with Crippen LogP contribution < -0.4 is 0 Å². The molecule has 0 aromatic rings. The van der Waals surface area contributed by atoms with Crippen LogP contribution in [0.1, 0.15) is 12.8 Å². The molecule has 1 aliphatic heterocycles. The van der Waals surface area contributed by atoms with E-state index >= 15 is 0 Å². The molecule has 1 heterocycles. The summed E-state index contributed by atoms with van der Waals surface area (Å²) in [5, 5.41) is 6.93. The lowest BCUT2D eigenvalue weighted by Gasteiger charge is -2.32. The van der Waals surface area contributed by atoms with Gasteiger partial charge in [0, 0.05) is 26.3 Å². The summed E-state index contributed by atoms with van der Waals surface area (Å²) < 4.78 is 5.29. The Labute approximate surface area is 84.8 Å². The number of ether oxygens (including phenoxy) is 1. The van der Waals surface area contributed by atoms with Gasteiger partial charge in [-0.05, 0) is 18.9 Å². The number of aliphatic imine (C=N–C) groups is 1. The van der Waals surface area contributed by atoms with Crippen molar-refractivity contribution in [2.75, 3.05) is 20.3 Å². The van der Waals surface area contributed by atoms with Crippen LogP contribution in [0.2, 0.25) is 0 Å². The lowest BCUT2D eigenvalue weighted by Crippen LogP contribution is -2.39. The van der Waals surface area contributed by atoms with Gasteiger partial charge in [-0.15, -0.1) is 0 Å². The molecule has 1 saturated heterocycles. The second kappa shape index (κ2) is 5.54. The first kappa shape index (κ1) is 10.9. The fourth-order valence-corrected chi connectivity index (χ4v) is 1.61. The third-order valence-corrected chi connectivity index (χ3v) is 2.48. The summed E-state index contributed by atoms with van der Waals surface area (Å²) in [7, 11) is 1.99. The highest BCUT2D eigenvalue weighted by Gasteiger charge is 2.19. The average Bonchev–Trinajstić information content (AvgIpc) is 2.26. The monoisotopic (exact) mass is 195 g/mol. The number of nitrogens with one attached hydrogen (secondary N) is 1. The van der Waals surface area contributed by atoms with Gasteiger partial charge in [-0.3, -0.25) is 5.41 Å². The van der Waals surface area contributed by atoms with Crippen molar-refractivity contribution in [2.24, 2.45) is 4.99 Å². The summed E-state index contributed by atoms with van der Waals surface area (Å²) in [5.41, 5.74) is 0. The first-order chi connectivity index (χ1) is 6.79. The molecule has 0 spiro atoms. The Morgan fingerprint density at radius 1 is 1.57 bits per heavy atom. The Morgan fingerprint density at radius 3 is 2.71 bits per heavy atom. The molecule has 0 aromatic carbocycles. The summed E-state index contributed by atoms with van der Waals surface area (Å²) >= 11 is 0. The predicted molar refractivity (Wildman–Crippen MR) is 58.0 cm³/mol. The first-order valence-corrected chi connectivity index (χ1v) is 4.79. The van der Waals surface area contributed by atoms with E-state index in [0.717, 1.165) is 38.2 Å². The highest BCUT2D eigenvalue weighted by atomic mass is 16.5. The van der Waals surface area contributed by atoms with Gasteiger partial charge in [0.25, 0.3) is 0 Å². The van der Waals surface area contributed by atoms with Crippen LogP contribution >= 0.6 is 0 Å². The average molecular weight is 195 g/mol. The molecule has 4 heteroatoms. The molecule has 0 saturated carbocycles. The number of amidine groups is 1. The normalized spacial score (nSPS) is 19.1. The van der Waals surface area contributed by atoms with Gasteiger partial charge < -0.3 is 9.64 Å². The second-order valence-electron chi connectivity index (χ2n) is 3.27. The van der Waals surface area contributed by atoms with Crippen LogP contribution in [0.25, 0.3) is 0 Å². The summed E-state index contributed by atoms with van der Waals surface area (Å²) in [6.07, 6.45) is 4.76. The standard InChI is InChI=1S/C10H17N3O/c1-3-10(12-8-11)13(2)9-4-6-14-7-5-9/h3,8-9,11H,1,4-7H2,2H3. The Bertz CT molecular complexity index is 232. The highest BCUT2D eigenvalue weighted by Crippen LogP contribution is 2.13. The largest absolute Gasteiger partial charge is 0.381 e. The molecule has 1 N–H and O–H groups in total. The van der Waals surface area contributed by atoms with Gasteiger partial charge in [0.2, 0.25) is 0 Å². The van der Waals surface area contributed by atoms with E-state index in [-0.39, 0.29) is 0 Å². The molecule has 1 aliphatic rings. The molecule has 4 nitrogen and oxygen atoms in total. The number of likely N-dealkylation sites (N-methyl/N-ethyl adjacent to an activating group) is 1. The topological polar surface area (TPSA) is 48.7 Å². The zero-order valence-corrected chi connectivity index (χ0v) is 8.57. The molecule has 1 rings (SSSR count). The molecule has 1 fully saturated rings. The molecule has 0 atom stereocenters. The fraction of sp³-hybridized carbons (Fsp3) is 0.600. The minimum atomic E-state index is 0.459. The number of rotatable bonds is 3. The van der Waals surface area contributed by atoms with Crippen LogP contribution in [0.5, 0.6) is 0 Å². The molecule has 78 valence electrons. The quantitative estimate of drug-likeness (QED) is 0.545. The van der Waals surface area contributed by atoms with Crippen molar-refractivity contribution >= 4 is 12.2 Å². The van der Waals surface area contributed by atoms with Crippen LogP contribution in [0.4, 0.5) is 0 Å². The van der Waals surface area contributed by atoms with Gasteiger partial charge in [-0.1, -0.05) is 6.58 Å². The molecule has 0 unspecified atom stereocenters. The molecule has 14 heavy (non-hydrogen) atoms. The van der Waals surface area contributed by atoms with Crippen LogP contribution in [0, 0.1) is 5.41 Å². The Hall–Kier alpha value is -1.16. The third-order valence-electron chi connectivity index (χ3n) is 2.48. The predicted octanol–water partition coefficient (Wildman–Crippen LogP) is 1.29. The lowest BCUT2D eigenvalue weighted by molar-refractivity contribution is 0.0608. The zero-order valence-electron chi connectivity index (χ0n) is 8.57. The van der Waals surface area contributed by atoms with Crippen molar-refractivity contribution in [2.45, 2.75) is 18.9 Å². The Balaban J connectivity index is 2.60. The van der Waals surface area contributed by atoms with Crippen LogP contribution in [0.15, 0.2) is 17.6 Å². The summed E-state index contributed by atoms with van der Waals surface area (Å²) in [6.45, 7) is 5.31. The molecule has 0 radical (unpaired) electrons. The van der Waals surface area contributed by atoms with E-state index in [1.165, 1.54) is 0 Å². The maximum absolute atomic E-state index is 6.93. The van der Waals surface area contributed by atoms with E-state index < -0.39 is 0 Å². The van der Waals surface area contributed by atoms with Crippen molar-refractivity contribution in [3.05, 3.63) is 12.7 Å². The lowest BCUT2D eigenvalue weighted by atomic mass is 10.1. The maximum atomic E-state index is 6.93. The molecular weight excluding hydrogens is 178 g/mol. The van der Waals surface area contributed by atoms with E-state index in [1.807, 2.05) is 7.05 Å². The summed E-state index contributed by atoms with van der Waals surface area (Å²) in [5.74, 6) is 0.756. The van der Waals surface area contributed by atoms with Crippen LogP contribution in [-0.4, -0.2) is 43.4 Å². The maximum Gasteiger partial charge on any atom is 0.129 e. The summed E-state index contributed by atoms with van der Waals surface area (Å²) in [4.78, 5) is 6.01. The molecule has 0 amide bonds. The summed E-state index contributed by atoms with van der Waals surface area (Å²) in [6, 6.07) is 0.459. The minimum absolute atomic E-state index is 0.459. The van der Waals surface area contributed by atoms with Gasteiger partial charge >= 0.3 is 0 Å². The van der Waals surface area contributed by atoms with E-state index in [1.54, 1.807) is 6.08 Å². The van der Waals surface area contributed by atoms with E-state index in [2.05, 4.69) is 16.5 Å². The van der Waals surface area contributed by atoms with Crippen molar-refractivity contribution < 1.29 is 4.74 Å². The zero-order chi connectivity index (χ0) is 10.4. The van der Waals surface area contributed by atoms with Crippen molar-refractivity contribution in [3.63, 3.8) is 0 Å². The van der Waals surface area contributed by atoms with Gasteiger partial charge in [0.05, 0.1) is 0 Å². The first-order valence-electron chi connectivity index (χ1n) is 4.79. The van der Waals surface area contributed by atoms with Crippen molar-refractivity contribution in [1.82, 2.24) is 4.90 Å². The molecule has 0 bridgehead atoms. The number of nitrogens with zero attached hydrogens (tertiary/aromatic N) is 2. The SMILES string of the molecule is C=CC(=NC=N)N(C)C1CCOCC1. The van der Waals surface area contributed by atoms with Gasteiger partial charge in [-0.2, -0.15) is 0 Å². The Kier molecular flexibility index (Phi) is 4.32. The third kappa shape index (κ3) is 2.67. The van der Waals surface area contributed by atoms with E-state index in [9.17, 15) is 0 Å². The minimum Gasteiger partial charge on any atom is -0.381 e. The van der Waals surface area contributed by atoms with Crippen LogP contribution in [-0.2, 0) is 4.74 Å². The van der Waals surface area contributed by atoms with Gasteiger partial charge in [-0.25, -0.2) is 4.99 Å². The van der Waals surface area contributed by atoms with E-state index in [0.29, 0.717) is 6.04 Å². The van der Waals surface area contributed by atoms with Crippen molar-refractivity contribution in [3.8, 4) is 0 Å². The van der Waals surface area contributed by atoms with E-state index in [4.69, 9.17) is 10.1 Å². The molecule has 0 aromatic heterocycles. The van der Waals surface area contributed by atoms with Gasteiger partial charge in [0.1, 0.15) is 12.2 Å². The highest BCUT2D eigenvalue weighted by molar-refractivity contribution is 5.96. The number of hydrogen-bond acceptors (Lipinski definition) is 2. The second-order valence-corrected chi connectivity index (χ2v) is 3.27. The van der Waals surface area contributed by atoms with Gasteiger partial charge in [0.15, 0.2) is 0 Å². The molecular formula is C10H17N3O. The van der Waals surface area contributed by atoms with Crippen LogP contribution in [0.3, 0.4) is 0 Å². The Morgan fingerprint density at radius 2 is 2.21 bits per heavy atom.